The quantitative estimate of drug-likeness (QED) is 0.862. The minimum absolute atomic E-state index is 0.156. The Morgan fingerprint density at radius 3 is 2.67 bits per heavy atom. The fraction of sp³-hybridized carbons (Fsp3) is 0.600. The highest BCUT2D eigenvalue weighted by Gasteiger charge is 2.29. The van der Waals surface area contributed by atoms with Crippen molar-refractivity contribution in [1.29, 1.82) is 0 Å². The van der Waals surface area contributed by atoms with Crippen LogP contribution in [0.25, 0.3) is 0 Å². The summed E-state index contributed by atoms with van der Waals surface area (Å²) in [6.07, 6.45) is 2.24. The largest absolute Gasteiger partial charge is 0.316 e. The number of likely N-dealkylation sites (N-methyl/N-ethyl adjacent to an activating group) is 1. The minimum Gasteiger partial charge on any atom is -0.316 e. The summed E-state index contributed by atoms with van der Waals surface area (Å²) >= 11 is 0. The second kappa shape index (κ2) is 5.81. The summed E-state index contributed by atoms with van der Waals surface area (Å²) in [6.45, 7) is 6.76. The molecule has 1 unspecified atom stereocenters. The average Bonchev–Trinajstić information content (AvgIpc) is 2.75. The zero-order chi connectivity index (χ0) is 13.0. The van der Waals surface area contributed by atoms with E-state index < -0.39 is 0 Å². The molecule has 0 spiro atoms. The number of hydrogen-bond acceptors (Lipinski definition) is 2. The molecule has 2 rings (SSSR count). The van der Waals surface area contributed by atoms with Crippen LogP contribution in [-0.4, -0.2) is 38.1 Å². The number of hydrogen-bond donors (Lipinski definition) is 1. The molecule has 3 heteroatoms. The van der Waals surface area contributed by atoms with E-state index in [0.29, 0.717) is 5.41 Å². The smallest absolute Gasteiger partial charge is 0.123 e. The van der Waals surface area contributed by atoms with Crippen LogP contribution in [-0.2, 0) is 6.42 Å². The summed E-state index contributed by atoms with van der Waals surface area (Å²) in [5, 5.41) is 3.43. The van der Waals surface area contributed by atoms with Gasteiger partial charge in [0.2, 0.25) is 0 Å². The molecule has 100 valence electrons. The third-order valence-electron chi connectivity index (χ3n) is 3.80. The fourth-order valence-corrected chi connectivity index (χ4v) is 2.71. The van der Waals surface area contributed by atoms with Gasteiger partial charge in [0.1, 0.15) is 5.82 Å². The molecule has 0 aliphatic carbocycles. The first-order valence-corrected chi connectivity index (χ1v) is 6.71. The van der Waals surface area contributed by atoms with Crippen molar-refractivity contribution in [3.63, 3.8) is 0 Å². The van der Waals surface area contributed by atoms with Crippen molar-refractivity contribution >= 4 is 0 Å². The molecule has 1 saturated heterocycles. The SMILES string of the molecule is CN(CCc1ccc(F)cc1)CC1(C)CCNC1. The van der Waals surface area contributed by atoms with Gasteiger partial charge in [0.15, 0.2) is 0 Å². The maximum absolute atomic E-state index is 12.8. The fourth-order valence-electron chi connectivity index (χ4n) is 2.71. The van der Waals surface area contributed by atoms with Crippen LogP contribution in [0.1, 0.15) is 18.9 Å². The third kappa shape index (κ3) is 3.79. The number of nitrogens with zero attached hydrogens (tertiary/aromatic N) is 1. The molecule has 0 radical (unpaired) electrons. The Balaban J connectivity index is 1.77. The van der Waals surface area contributed by atoms with E-state index in [-0.39, 0.29) is 5.82 Å². The van der Waals surface area contributed by atoms with Crippen molar-refractivity contribution in [1.82, 2.24) is 10.2 Å². The lowest BCUT2D eigenvalue weighted by molar-refractivity contribution is 0.211. The molecule has 1 heterocycles. The van der Waals surface area contributed by atoms with Gasteiger partial charge in [-0.3, -0.25) is 0 Å². The van der Waals surface area contributed by atoms with Gasteiger partial charge in [0.05, 0.1) is 0 Å². The molecule has 1 aromatic rings. The maximum atomic E-state index is 12.8. The molecular weight excluding hydrogens is 227 g/mol. The zero-order valence-electron chi connectivity index (χ0n) is 11.4. The lowest BCUT2D eigenvalue weighted by Gasteiger charge is -2.29. The highest BCUT2D eigenvalue weighted by molar-refractivity contribution is 5.16. The highest BCUT2D eigenvalue weighted by atomic mass is 19.1. The molecule has 18 heavy (non-hydrogen) atoms. The van der Waals surface area contributed by atoms with E-state index in [1.807, 2.05) is 12.1 Å². The summed E-state index contributed by atoms with van der Waals surface area (Å²) in [5.74, 6) is -0.156. The Kier molecular flexibility index (Phi) is 4.36. The first-order valence-electron chi connectivity index (χ1n) is 6.71. The van der Waals surface area contributed by atoms with E-state index in [1.54, 1.807) is 0 Å². The van der Waals surface area contributed by atoms with E-state index in [0.717, 1.165) is 32.6 Å². The summed E-state index contributed by atoms with van der Waals surface area (Å²) in [6, 6.07) is 6.83. The van der Waals surface area contributed by atoms with E-state index in [9.17, 15) is 4.39 Å². The monoisotopic (exact) mass is 250 g/mol. The summed E-state index contributed by atoms with van der Waals surface area (Å²) < 4.78 is 12.8. The van der Waals surface area contributed by atoms with Crippen LogP contribution in [0.5, 0.6) is 0 Å². The molecule has 1 aliphatic rings. The van der Waals surface area contributed by atoms with Gasteiger partial charge < -0.3 is 10.2 Å². The van der Waals surface area contributed by atoms with Crippen molar-refractivity contribution in [2.75, 3.05) is 33.2 Å². The zero-order valence-corrected chi connectivity index (χ0v) is 11.4. The predicted molar refractivity (Wildman–Crippen MR) is 73.2 cm³/mol. The lowest BCUT2D eigenvalue weighted by Crippen LogP contribution is -2.36. The van der Waals surface area contributed by atoms with Crippen LogP contribution in [0.4, 0.5) is 4.39 Å². The Hall–Kier alpha value is -0.930. The maximum Gasteiger partial charge on any atom is 0.123 e. The molecule has 1 aromatic carbocycles. The minimum atomic E-state index is -0.156. The van der Waals surface area contributed by atoms with Gasteiger partial charge in [-0.15, -0.1) is 0 Å². The molecule has 1 N–H and O–H groups in total. The van der Waals surface area contributed by atoms with Gasteiger partial charge in [0.25, 0.3) is 0 Å². The molecule has 2 nitrogen and oxygen atoms in total. The molecule has 1 atom stereocenters. The van der Waals surface area contributed by atoms with Crippen LogP contribution in [0.3, 0.4) is 0 Å². The van der Waals surface area contributed by atoms with Crippen LogP contribution in [0, 0.1) is 11.2 Å². The van der Waals surface area contributed by atoms with Gasteiger partial charge in [0, 0.05) is 19.6 Å². The second-order valence-corrected chi connectivity index (χ2v) is 5.85. The van der Waals surface area contributed by atoms with Crippen molar-refractivity contribution in [3.05, 3.63) is 35.6 Å². The van der Waals surface area contributed by atoms with Crippen LogP contribution in [0.15, 0.2) is 24.3 Å². The average molecular weight is 250 g/mol. The molecular formula is C15H23FN2. The number of benzene rings is 1. The van der Waals surface area contributed by atoms with Gasteiger partial charge in [-0.25, -0.2) is 4.39 Å². The van der Waals surface area contributed by atoms with Gasteiger partial charge in [-0.1, -0.05) is 19.1 Å². The van der Waals surface area contributed by atoms with E-state index in [2.05, 4.69) is 24.2 Å². The molecule has 0 amide bonds. The standard InChI is InChI=1S/C15H23FN2/c1-15(8-9-17-11-15)12-18(2)10-7-13-3-5-14(16)6-4-13/h3-6,17H,7-12H2,1-2H3. The van der Waals surface area contributed by atoms with Gasteiger partial charge in [-0.2, -0.15) is 0 Å². The predicted octanol–water partition coefficient (Wildman–Crippen LogP) is 2.30. The topological polar surface area (TPSA) is 15.3 Å². The van der Waals surface area contributed by atoms with Crippen LogP contribution >= 0.6 is 0 Å². The van der Waals surface area contributed by atoms with Crippen LogP contribution < -0.4 is 5.32 Å². The normalized spacial score (nSPS) is 23.8. The van der Waals surface area contributed by atoms with Crippen molar-refractivity contribution in [2.24, 2.45) is 5.41 Å². The summed E-state index contributed by atoms with van der Waals surface area (Å²) in [7, 11) is 2.17. The van der Waals surface area contributed by atoms with Gasteiger partial charge >= 0.3 is 0 Å². The molecule has 0 bridgehead atoms. The van der Waals surface area contributed by atoms with Crippen molar-refractivity contribution < 1.29 is 4.39 Å². The molecule has 1 aliphatic heterocycles. The molecule has 0 aromatic heterocycles. The second-order valence-electron chi connectivity index (χ2n) is 5.85. The van der Waals surface area contributed by atoms with Crippen LogP contribution in [0.2, 0.25) is 0 Å². The Morgan fingerprint density at radius 2 is 2.06 bits per heavy atom. The van der Waals surface area contributed by atoms with Crippen molar-refractivity contribution in [2.45, 2.75) is 19.8 Å². The van der Waals surface area contributed by atoms with E-state index in [1.165, 1.54) is 24.1 Å². The Bertz CT molecular complexity index is 369. The van der Waals surface area contributed by atoms with E-state index in [4.69, 9.17) is 0 Å². The highest BCUT2D eigenvalue weighted by Crippen LogP contribution is 2.25. The first-order chi connectivity index (χ1) is 8.57. The number of halogens is 1. The lowest BCUT2D eigenvalue weighted by atomic mass is 9.89. The Labute approximate surface area is 109 Å². The summed E-state index contributed by atoms with van der Waals surface area (Å²) in [4.78, 5) is 2.39. The first kappa shape index (κ1) is 13.5. The number of rotatable bonds is 5. The van der Waals surface area contributed by atoms with Crippen molar-refractivity contribution in [3.8, 4) is 0 Å². The molecule has 0 saturated carbocycles. The van der Waals surface area contributed by atoms with Gasteiger partial charge in [-0.05, 0) is 49.5 Å². The van der Waals surface area contributed by atoms with E-state index >= 15 is 0 Å². The molecule has 1 fully saturated rings. The number of nitrogens with one attached hydrogen (secondary N) is 1. The Morgan fingerprint density at radius 1 is 1.33 bits per heavy atom. The third-order valence-corrected chi connectivity index (χ3v) is 3.80. The summed E-state index contributed by atoms with van der Waals surface area (Å²) in [5.41, 5.74) is 1.62.